The van der Waals surface area contributed by atoms with Gasteiger partial charge in [-0.2, -0.15) is 5.26 Å². The fourth-order valence-electron chi connectivity index (χ4n) is 3.29. The first-order valence-electron chi connectivity index (χ1n) is 10.2. The van der Waals surface area contributed by atoms with Crippen LogP contribution in [0.25, 0.3) is 22.4 Å². The van der Waals surface area contributed by atoms with Crippen LogP contribution in [0.5, 0.6) is 5.75 Å². The molecule has 29 heavy (non-hydrogen) atoms. The van der Waals surface area contributed by atoms with Crippen LogP contribution in [0.2, 0.25) is 0 Å². The van der Waals surface area contributed by atoms with Crippen molar-refractivity contribution in [3.8, 4) is 34.2 Å². The van der Waals surface area contributed by atoms with Crippen molar-refractivity contribution < 1.29 is 4.74 Å². The van der Waals surface area contributed by atoms with Crippen molar-refractivity contribution in [1.29, 1.82) is 5.26 Å². The Morgan fingerprint density at radius 2 is 1.66 bits per heavy atom. The number of nitrogen functional groups attached to an aromatic ring is 1. The molecule has 0 saturated carbocycles. The minimum absolute atomic E-state index is 0.247. The first kappa shape index (κ1) is 20.4. The normalized spacial score (nSPS) is 10.5. The van der Waals surface area contributed by atoms with Gasteiger partial charge in [-0.05, 0) is 30.2 Å². The molecule has 2 aromatic carbocycles. The lowest BCUT2D eigenvalue weighted by atomic mass is 9.98. The highest BCUT2D eigenvalue weighted by molar-refractivity contribution is 5.80. The minimum Gasteiger partial charge on any atom is -0.494 e. The van der Waals surface area contributed by atoms with Crippen LogP contribution in [0.15, 0.2) is 60.7 Å². The van der Waals surface area contributed by atoms with Gasteiger partial charge in [-0.25, -0.2) is 4.98 Å². The van der Waals surface area contributed by atoms with Gasteiger partial charge < -0.3 is 10.5 Å². The van der Waals surface area contributed by atoms with E-state index in [4.69, 9.17) is 10.5 Å². The Hall–Kier alpha value is -3.32. The van der Waals surface area contributed by atoms with Crippen LogP contribution in [0.3, 0.4) is 0 Å². The molecule has 4 nitrogen and oxygen atoms in total. The van der Waals surface area contributed by atoms with Crippen LogP contribution < -0.4 is 10.5 Å². The zero-order chi connectivity index (χ0) is 20.5. The summed E-state index contributed by atoms with van der Waals surface area (Å²) in [5.41, 5.74) is 9.91. The number of benzene rings is 2. The number of hydrogen-bond donors (Lipinski definition) is 1. The molecule has 0 radical (unpaired) electrons. The Bertz CT molecular complexity index is 960. The molecule has 0 aliphatic carbocycles. The van der Waals surface area contributed by atoms with E-state index in [1.807, 2.05) is 60.7 Å². The van der Waals surface area contributed by atoms with Crippen molar-refractivity contribution in [3.63, 3.8) is 0 Å². The van der Waals surface area contributed by atoms with E-state index < -0.39 is 0 Å². The number of nitrogens with zero attached hydrogens (tertiary/aromatic N) is 2. The summed E-state index contributed by atoms with van der Waals surface area (Å²) >= 11 is 0. The summed E-state index contributed by atoms with van der Waals surface area (Å²) in [5.74, 6) is 1.09. The van der Waals surface area contributed by atoms with E-state index in [0.29, 0.717) is 5.56 Å². The molecular formula is C25H27N3O. The lowest BCUT2D eigenvalue weighted by molar-refractivity contribution is 0.304. The van der Waals surface area contributed by atoms with Gasteiger partial charge >= 0.3 is 0 Å². The lowest BCUT2D eigenvalue weighted by Gasteiger charge is -2.11. The highest BCUT2D eigenvalue weighted by Crippen LogP contribution is 2.32. The maximum absolute atomic E-state index is 9.59. The van der Waals surface area contributed by atoms with E-state index >= 15 is 0 Å². The zero-order valence-electron chi connectivity index (χ0n) is 16.9. The second kappa shape index (κ2) is 10.3. The molecule has 0 aliphatic heterocycles. The van der Waals surface area contributed by atoms with Crippen molar-refractivity contribution in [2.75, 3.05) is 12.3 Å². The standard InChI is InChI=1S/C25H27N3O/c1-2-3-4-5-9-16-29-21-14-12-19(13-15-21)22-17-24(20-10-7-6-8-11-20)28-25(27)23(22)18-26/h6-8,10-15,17H,2-5,9,16H2,1H3,(H2,27,28). The van der Waals surface area contributed by atoms with Crippen molar-refractivity contribution in [3.05, 3.63) is 66.2 Å². The van der Waals surface area contributed by atoms with E-state index in [9.17, 15) is 5.26 Å². The molecule has 2 N–H and O–H groups in total. The fourth-order valence-corrected chi connectivity index (χ4v) is 3.29. The van der Waals surface area contributed by atoms with E-state index in [-0.39, 0.29) is 5.82 Å². The zero-order valence-corrected chi connectivity index (χ0v) is 16.9. The van der Waals surface area contributed by atoms with Gasteiger partial charge in [0.25, 0.3) is 0 Å². The molecule has 0 unspecified atom stereocenters. The van der Waals surface area contributed by atoms with Gasteiger partial charge in [-0.3, -0.25) is 0 Å². The number of pyridine rings is 1. The molecule has 1 aromatic heterocycles. The van der Waals surface area contributed by atoms with Gasteiger partial charge in [0.2, 0.25) is 0 Å². The second-order valence-electron chi connectivity index (χ2n) is 7.08. The average Bonchev–Trinajstić information content (AvgIpc) is 2.76. The average molecular weight is 386 g/mol. The van der Waals surface area contributed by atoms with Gasteiger partial charge in [0.05, 0.1) is 12.3 Å². The molecular weight excluding hydrogens is 358 g/mol. The minimum atomic E-state index is 0.247. The predicted octanol–water partition coefficient (Wildman–Crippen LogP) is 6.22. The fraction of sp³-hybridized carbons (Fsp3) is 0.280. The van der Waals surface area contributed by atoms with Crippen LogP contribution in [-0.4, -0.2) is 11.6 Å². The molecule has 148 valence electrons. The van der Waals surface area contributed by atoms with Crippen molar-refractivity contribution in [2.24, 2.45) is 0 Å². The van der Waals surface area contributed by atoms with Gasteiger partial charge in [-0.15, -0.1) is 0 Å². The number of hydrogen-bond acceptors (Lipinski definition) is 4. The van der Waals surface area contributed by atoms with Crippen LogP contribution in [0.4, 0.5) is 5.82 Å². The summed E-state index contributed by atoms with van der Waals surface area (Å²) in [7, 11) is 0. The summed E-state index contributed by atoms with van der Waals surface area (Å²) < 4.78 is 5.85. The van der Waals surface area contributed by atoms with Crippen LogP contribution in [0, 0.1) is 11.3 Å². The SMILES string of the molecule is CCCCCCCOc1ccc(-c2cc(-c3ccccc3)nc(N)c2C#N)cc1. The first-order chi connectivity index (χ1) is 14.2. The molecule has 0 saturated heterocycles. The number of nitrogens with two attached hydrogens (primary N) is 1. The van der Waals surface area contributed by atoms with Crippen LogP contribution in [0.1, 0.15) is 44.6 Å². The summed E-state index contributed by atoms with van der Waals surface area (Å²) in [6.45, 7) is 2.95. The number of anilines is 1. The quantitative estimate of drug-likeness (QED) is 0.444. The summed E-state index contributed by atoms with van der Waals surface area (Å²) in [4.78, 5) is 4.42. The van der Waals surface area contributed by atoms with Gasteiger partial charge in [0.1, 0.15) is 23.2 Å². The molecule has 0 fully saturated rings. The second-order valence-corrected chi connectivity index (χ2v) is 7.08. The summed E-state index contributed by atoms with van der Waals surface area (Å²) in [5, 5.41) is 9.59. The molecule has 3 rings (SSSR count). The molecule has 0 atom stereocenters. The lowest BCUT2D eigenvalue weighted by Crippen LogP contribution is -2.00. The molecule has 3 aromatic rings. The van der Waals surface area contributed by atoms with Gasteiger partial charge in [0.15, 0.2) is 0 Å². The largest absolute Gasteiger partial charge is 0.494 e. The van der Waals surface area contributed by atoms with E-state index in [1.54, 1.807) is 0 Å². The Morgan fingerprint density at radius 3 is 2.34 bits per heavy atom. The third kappa shape index (κ3) is 5.36. The maximum Gasteiger partial charge on any atom is 0.142 e. The summed E-state index contributed by atoms with van der Waals surface area (Å²) in [6, 6.07) is 21.8. The number of unbranched alkanes of at least 4 members (excludes halogenated alkanes) is 4. The summed E-state index contributed by atoms with van der Waals surface area (Å²) in [6.07, 6.45) is 6.08. The predicted molar refractivity (Wildman–Crippen MR) is 118 cm³/mol. The van der Waals surface area contributed by atoms with Gasteiger partial charge in [0, 0.05) is 11.1 Å². The van der Waals surface area contributed by atoms with Crippen molar-refractivity contribution in [2.45, 2.75) is 39.0 Å². The van der Waals surface area contributed by atoms with Crippen LogP contribution in [-0.2, 0) is 0 Å². The van der Waals surface area contributed by atoms with E-state index in [0.717, 1.165) is 41.2 Å². The smallest absolute Gasteiger partial charge is 0.142 e. The molecule has 1 heterocycles. The Labute approximate surface area is 173 Å². The Morgan fingerprint density at radius 1 is 0.931 bits per heavy atom. The number of ether oxygens (including phenoxy) is 1. The molecule has 4 heteroatoms. The third-order valence-corrected chi connectivity index (χ3v) is 4.91. The molecule has 0 aliphatic rings. The third-order valence-electron chi connectivity index (χ3n) is 4.91. The molecule has 0 bridgehead atoms. The monoisotopic (exact) mass is 385 g/mol. The van der Waals surface area contributed by atoms with Crippen LogP contribution >= 0.6 is 0 Å². The molecule has 0 spiro atoms. The topological polar surface area (TPSA) is 71.9 Å². The first-order valence-corrected chi connectivity index (χ1v) is 10.2. The van der Waals surface area contributed by atoms with Crippen molar-refractivity contribution in [1.82, 2.24) is 4.98 Å². The highest BCUT2D eigenvalue weighted by Gasteiger charge is 2.13. The Balaban J connectivity index is 1.77. The number of nitriles is 1. The van der Waals surface area contributed by atoms with E-state index in [1.165, 1.54) is 25.7 Å². The number of aromatic nitrogens is 1. The van der Waals surface area contributed by atoms with Gasteiger partial charge in [-0.1, -0.05) is 75.1 Å². The maximum atomic E-state index is 9.59. The van der Waals surface area contributed by atoms with Crippen molar-refractivity contribution >= 4 is 5.82 Å². The highest BCUT2D eigenvalue weighted by atomic mass is 16.5. The Kier molecular flexibility index (Phi) is 7.24. The molecule has 0 amide bonds. The van der Waals surface area contributed by atoms with E-state index in [2.05, 4.69) is 18.0 Å². The number of rotatable bonds is 9.